The monoisotopic (exact) mass is 580 g/mol. The zero-order chi connectivity index (χ0) is 29.7. The molecule has 0 aliphatic carbocycles. The van der Waals surface area contributed by atoms with Crippen molar-refractivity contribution in [1.82, 2.24) is 0 Å². The molecule has 14 heteroatoms. The van der Waals surface area contributed by atoms with Crippen LogP contribution in [-0.4, -0.2) is 65.7 Å². The number of halogens is 2. The highest BCUT2D eigenvalue weighted by Gasteiger charge is 2.70. The molecule has 3 aromatic rings. The average molecular weight is 581 g/mol. The molecule has 3 rings (SSSR count). The molecule has 0 bridgehead atoms. The smallest absolute Gasteiger partial charge is 0.410 e. The van der Waals surface area contributed by atoms with Gasteiger partial charge >= 0.3 is 39.7 Å². The maximum atomic E-state index is 15.5. The maximum absolute atomic E-state index is 15.5. The summed E-state index contributed by atoms with van der Waals surface area (Å²) in [5.74, 6) is -16.4. The van der Waals surface area contributed by atoms with Crippen LogP contribution in [0.5, 0.6) is 0 Å². The van der Waals surface area contributed by atoms with Crippen molar-refractivity contribution in [3.8, 4) is 0 Å². The first-order valence-electron chi connectivity index (χ1n) is 11.3. The Morgan fingerprint density at radius 1 is 0.800 bits per heavy atom. The molecule has 0 fully saturated rings. The second kappa shape index (κ2) is 11.9. The Kier molecular flexibility index (Phi) is 9.00. The number of aliphatic hydroxyl groups is 3. The first-order chi connectivity index (χ1) is 18.7. The third-order valence-electron chi connectivity index (χ3n) is 5.42. The number of carbonyl (C=O) groups is 3. The molecule has 212 valence electrons. The molecule has 3 atom stereocenters. The lowest BCUT2D eigenvalue weighted by atomic mass is 10.0. The van der Waals surface area contributed by atoms with Crippen LogP contribution in [0.15, 0.2) is 89.8 Å². The molecular formula is C26H22F2O11S. The van der Waals surface area contributed by atoms with E-state index in [0.717, 1.165) is 18.2 Å². The normalized spacial score (nSPS) is 14.8. The number of hydrogen-bond acceptors (Lipinski definition) is 11. The second-order valence-corrected chi connectivity index (χ2v) is 9.74. The van der Waals surface area contributed by atoms with Crippen LogP contribution in [0.3, 0.4) is 0 Å². The van der Waals surface area contributed by atoms with Gasteiger partial charge in [0.05, 0.1) is 11.1 Å². The average Bonchev–Trinajstić information content (AvgIpc) is 2.93. The molecule has 0 spiro atoms. The van der Waals surface area contributed by atoms with Crippen LogP contribution in [0.2, 0.25) is 0 Å². The predicted molar refractivity (Wildman–Crippen MR) is 130 cm³/mol. The number of hydrogen-bond donors (Lipinski definition) is 3. The molecule has 40 heavy (non-hydrogen) atoms. The highest BCUT2D eigenvalue weighted by Crippen LogP contribution is 2.38. The lowest BCUT2D eigenvalue weighted by molar-refractivity contribution is -0.346. The topological polar surface area (TPSA) is 174 Å². The quantitative estimate of drug-likeness (QED) is 0.182. The summed E-state index contributed by atoms with van der Waals surface area (Å²) in [5, 5.41) is 31.5. The van der Waals surface area contributed by atoms with E-state index in [0.29, 0.717) is 0 Å². The van der Waals surface area contributed by atoms with Crippen LogP contribution < -0.4 is 0 Å². The van der Waals surface area contributed by atoms with E-state index in [-0.39, 0.29) is 11.1 Å². The number of aryl methyl sites for hydroxylation is 1. The second-order valence-electron chi connectivity index (χ2n) is 8.22. The maximum Gasteiger partial charge on any atom is 0.410 e. The molecule has 0 saturated carbocycles. The largest absolute Gasteiger partial charge is 0.429 e. The van der Waals surface area contributed by atoms with Crippen molar-refractivity contribution in [2.45, 2.75) is 35.9 Å². The van der Waals surface area contributed by atoms with Gasteiger partial charge in [0.15, 0.2) is 6.10 Å². The summed E-state index contributed by atoms with van der Waals surface area (Å²) in [7, 11) is -5.23. The van der Waals surface area contributed by atoms with Gasteiger partial charge in [0, 0.05) is 0 Å². The standard InChI is InChI=1S/C26H22F2O11S/c1-16-10-8-9-15-19(16)40(35,36)39-24(33)25(27,28)26(34,38-22(31)18-13-6-3-7-14-18)20(29)23(32)37-21(30)17-11-4-2-5-12-17/h2-15,20,23,29,32,34H,1H3/t20-,23?,26-/m1/s1. The highest BCUT2D eigenvalue weighted by molar-refractivity contribution is 7.87. The fourth-order valence-corrected chi connectivity index (χ4v) is 4.38. The van der Waals surface area contributed by atoms with Gasteiger partial charge in [0.25, 0.3) is 0 Å². The van der Waals surface area contributed by atoms with Gasteiger partial charge in [-0.2, -0.15) is 17.2 Å². The van der Waals surface area contributed by atoms with Crippen molar-refractivity contribution < 1.29 is 60.6 Å². The van der Waals surface area contributed by atoms with Gasteiger partial charge in [-0.15, -0.1) is 0 Å². The van der Waals surface area contributed by atoms with Crippen molar-refractivity contribution >= 4 is 28.0 Å². The summed E-state index contributed by atoms with van der Waals surface area (Å²) in [5.41, 5.74) is -0.665. The van der Waals surface area contributed by atoms with Gasteiger partial charge in [-0.05, 0) is 42.8 Å². The van der Waals surface area contributed by atoms with E-state index in [2.05, 4.69) is 13.7 Å². The molecule has 0 aliphatic rings. The molecule has 0 amide bonds. The van der Waals surface area contributed by atoms with Crippen molar-refractivity contribution in [2.24, 2.45) is 0 Å². The number of esters is 2. The van der Waals surface area contributed by atoms with Gasteiger partial charge in [0.2, 0.25) is 6.29 Å². The Hall–Kier alpha value is -4.24. The SMILES string of the molecule is Cc1ccccc1S(=O)(=O)OC(=O)C(F)(F)[C@](O)(OC(=O)c1ccccc1)[C@H](O)C(O)OC(=O)c1ccccc1. The highest BCUT2D eigenvalue weighted by atomic mass is 32.2. The number of carbonyl (C=O) groups excluding carboxylic acids is 3. The van der Waals surface area contributed by atoms with Gasteiger partial charge in [-0.3, -0.25) is 0 Å². The van der Waals surface area contributed by atoms with Crippen LogP contribution in [0.25, 0.3) is 0 Å². The Balaban J connectivity index is 1.98. The molecular weight excluding hydrogens is 558 g/mol. The molecule has 11 nitrogen and oxygen atoms in total. The Morgan fingerprint density at radius 3 is 1.80 bits per heavy atom. The number of ether oxygens (including phenoxy) is 2. The van der Waals surface area contributed by atoms with Gasteiger partial charge in [-0.25, -0.2) is 14.4 Å². The van der Waals surface area contributed by atoms with Crippen molar-refractivity contribution in [2.75, 3.05) is 0 Å². The lowest BCUT2D eigenvalue weighted by Gasteiger charge is -2.37. The summed E-state index contributed by atoms with van der Waals surface area (Å²) in [6.07, 6.45) is -6.47. The molecule has 0 heterocycles. The minimum Gasteiger partial charge on any atom is -0.429 e. The van der Waals surface area contributed by atoms with Crippen molar-refractivity contribution in [3.05, 3.63) is 102 Å². The summed E-state index contributed by atoms with van der Waals surface area (Å²) < 4.78 is 69.0. The molecule has 1 unspecified atom stereocenters. The minimum absolute atomic E-state index is 0.00710. The summed E-state index contributed by atoms with van der Waals surface area (Å²) in [6, 6.07) is 17.6. The zero-order valence-corrected chi connectivity index (χ0v) is 21.3. The fourth-order valence-electron chi connectivity index (χ4n) is 3.27. The van der Waals surface area contributed by atoms with Crippen molar-refractivity contribution in [3.63, 3.8) is 0 Å². The van der Waals surface area contributed by atoms with E-state index in [1.165, 1.54) is 73.7 Å². The summed E-state index contributed by atoms with van der Waals surface area (Å²) >= 11 is 0. The van der Waals surface area contributed by atoms with Crippen LogP contribution in [-0.2, 0) is 28.6 Å². The number of benzene rings is 3. The Bertz CT molecular complexity index is 1480. The van der Waals surface area contributed by atoms with E-state index in [4.69, 9.17) is 0 Å². The predicted octanol–water partition coefficient (Wildman–Crippen LogP) is 1.94. The van der Waals surface area contributed by atoms with E-state index in [1.807, 2.05) is 0 Å². The third-order valence-corrected chi connectivity index (χ3v) is 6.79. The van der Waals surface area contributed by atoms with Gasteiger partial charge < -0.3 is 29.0 Å². The molecule has 0 aliphatic heterocycles. The lowest BCUT2D eigenvalue weighted by Crippen LogP contribution is -2.66. The molecule has 0 saturated heterocycles. The molecule has 0 aromatic heterocycles. The number of aliphatic hydroxyl groups excluding tert-OH is 2. The first-order valence-corrected chi connectivity index (χ1v) is 12.7. The van der Waals surface area contributed by atoms with Gasteiger partial charge in [-0.1, -0.05) is 54.6 Å². The van der Waals surface area contributed by atoms with Gasteiger partial charge in [0.1, 0.15) is 4.90 Å². The molecule has 3 N–H and O–H groups in total. The first kappa shape index (κ1) is 30.3. The van der Waals surface area contributed by atoms with E-state index < -0.39 is 62.6 Å². The third kappa shape index (κ3) is 6.31. The number of rotatable bonds is 10. The fraction of sp³-hybridized carbons (Fsp3) is 0.192. The van der Waals surface area contributed by atoms with E-state index >= 15 is 8.78 Å². The molecule has 0 radical (unpaired) electrons. The van der Waals surface area contributed by atoms with Crippen LogP contribution in [0.4, 0.5) is 8.78 Å². The summed E-state index contributed by atoms with van der Waals surface area (Å²) in [4.78, 5) is 36.6. The summed E-state index contributed by atoms with van der Waals surface area (Å²) in [6.45, 7) is 1.28. The Morgan fingerprint density at radius 2 is 1.27 bits per heavy atom. The number of alkyl halides is 2. The minimum atomic E-state index is -5.58. The zero-order valence-electron chi connectivity index (χ0n) is 20.5. The van der Waals surface area contributed by atoms with Crippen LogP contribution >= 0.6 is 0 Å². The van der Waals surface area contributed by atoms with E-state index in [9.17, 15) is 38.1 Å². The van der Waals surface area contributed by atoms with Crippen LogP contribution in [0, 0.1) is 6.92 Å². The van der Waals surface area contributed by atoms with Crippen LogP contribution in [0.1, 0.15) is 26.3 Å². The molecule has 3 aromatic carbocycles. The Labute approximate surface area is 226 Å². The van der Waals surface area contributed by atoms with Crippen molar-refractivity contribution in [1.29, 1.82) is 0 Å². The van der Waals surface area contributed by atoms with E-state index in [1.54, 1.807) is 0 Å².